The molecule has 1 atom stereocenters. The Labute approximate surface area is 160 Å². The van der Waals surface area contributed by atoms with Crippen LogP contribution in [0.1, 0.15) is 37.2 Å². The maximum absolute atomic E-state index is 12.6. The highest BCUT2D eigenvalue weighted by molar-refractivity contribution is 5.88. The van der Waals surface area contributed by atoms with Gasteiger partial charge in [-0.1, -0.05) is 19.1 Å². The topological polar surface area (TPSA) is 89.0 Å². The molecule has 0 saturated carbocycles. The molecule has 0 spiro atoms. The fourth-order valence-electron chi connectivity index (χ4n) is 2.22. The van der Waals surface area contributed by atoms with E-state index in [4.69, 9.17) is 4.74 Å². The molecule has 0 fully saturated rings. The van der Waals surface area contributed by atoms with Gasteiger partial charge in [-0.25, -0.2) is 0 Å². The molecule has 0 saturated heterocycles. The van der Waals surface area contributed by atoms with Crippen molar-refractivity contribution in [1.82, 2.24) is 15.0 Å². The first kappa shape index (κ1) is 21.5. The minimum atomic E-state index is -4.35. The van der Waals surface area contributed by atoms with Crippen LogP contribution >= 0.6 is 0 Å². The van der Waals surface area contributed by atoms with Crippen molar-refractivity contribution in [3.8, 4) is 0 Å². The van der Waals surface area contributed by atoms with Crippen LogP contribution in [-0.2, 0) is 22.3 Å². The number of aryl methyl sites for hydroxylation is 1. The van der Waals surface area contributed by atoms with Gasteiger partial charge in [0.2, 0.25) is 17.8 Å². The predicted molar refractivity (Wildman–Crippen MR) is 97.7 cm³/mol. The summed E-state index contributed by atoms with van der Waals surface area (Å²) in [6, 6.07) is 4.66. The molecular weight excluding hydrogens is 375 g/mol. The van der Waals surface area contributed by atoms with Crippen molar-refractivity contribution in [2.75, 3.05) is 17.2 Å². The lowest BCUT2D eigenvalue weighted by Gasteiger charge is -2.15. The molecule has 1 aromatic heterocycles. The van der Waals surface area contributed by atoms with E-state index in [0.29, 0.717) is 23.8 Å². The van der Waals surface area contributed by atoms with Crippen LogP contribution in [0.3, 0.4) is 0 Å². The molecular formula is C18H22F3N5O2. The summed E-state index contributed by atoms with van der Waals surface area (Å²) in [5, 5.41) is 5.62. The van der Waals surface area contributed by atoms with Gasteiger partial charge < -0.3 is 10.1 Å². The number of hydrogen-bond donors (Lipinski definition) is 2. The second kappa shape index (κ2) is 9.45. The van der Waals surface area contributed by atoms with Crippen LogP contribution in [0.15, 0.2) is 24.3 Å². The number of nitrogens with zero attached hydrogens (tertiary/aromatic N) is 3. The predicted octanol–water partition coefficient (Wildman–Crippen LogP) is 3.56. The normalized spacial score (nSPS) is 12.5. The zero-order valence-corrected chi connectivity index (χ0v) is 15.8. The van der Waals surface area contributed by atoms with Crippen LogP contribution in [0, 0.1) is 6.92 Å². The van der Waals surface area contributed by atoms with Crippen molar-refractivity contribution in [2.24, 2.45) is 0 Å². The first-order valence-corrected chi connectivity index (χ1v) is 8.70. The fourth-order valence-corrected chi connectivity index (χ4v) is 2.22. The molecule has 1 heterocycles. The number of ether oxygens (including phenoxy) is 1. The van der Waals surface area contributed by atoms with Crippen molar-refractivity contribution < 1.29 is 22.7 Å². The van der Waals surface area contributed by atoms with E-state index in [9.17, 15) is 18.0 Å². The SMILES string of the molecule is CCC(=O)Nc1nc(C)nc(NC(C)COCc2ccc(C(F)(F)F)cc2)n1. The standard InChI is InChI=1S/C18H22F3N5O2/c1-4-15(27)25-17-24-12(3)23-16(26-17)22-11(2)9-28-10-13-5-7-14(8-6-13)18(19,20)21/h5-8,11H,4,9-10H2,1-3H3,(H2,22,23,24,25,26,27). The Bertz CT molecular complexity index is 797. The Kier molecular flexibility index (Phi) is 7.27. The Morgan fingerprint density at radius 1 is 1.14 bits per heavy atom. The smallest absolute Gasteiger partial charge is 0.375 e. The summed E-state index contributed by atoms with van der Waals surface area (Å²) >= 11 is 0. The summed E-state index contributed by atoms with van der Waals surface area (Å²) in [6.07, 6.45) is -4.04. The molecule has 7 nitrogen and oxygen atoms in total. The highest BCUT2D eigenvalue weighted by atomic mass is 19.4. The van der Waals surface area contributed by atoms with Gasteiger partial charge >= 0.3 is 6.18 Å². The molecule has 10 heteroatoms. The molecule has 28 heavy (non-hydrogen) atoms. The zero-order valence-electron chi connectivity index (χ0n) is 15.8. The van der Waals surface area contributed by atoms with Crippen molar-refractivity contribution >= 4 is 17.8 Å². The molecule has 1 aromatic carbocycles. The van der Waals surface area contributed by atoms with Crippen LogP contribution in [0.2, 0.25) is 0 Å². The molecule has 0 aliphatic rings. The van der Waals surface area contributed by atoms with Crippen molar-refractivity contribution in [2.45, 2.75) is 46.0 Å². The summed E-state index contributed by atoms with van der Waals surface area (Å²) < 4.78 is 43.2. The number of aromatic nitrogens is 3. The Morgan fingerprint density at radius 2 is 1.79 bits per heavy atom. The molecule has 0 aliphatic heterocycles. The second-order valence-corrected chi connectivity index (χ2v) is 6.19. The summed E-state index contributed by atoms with van der Waals surface area (Å²) in [6.45, 7) is 5.70. The van der Waals surface area contributed by atoms with Crippen LogP contribution in [0.5, 0.6) is 0 Å². The number of nitrogens with one attached hydrogen (secondary N) is 2. The number of amides is 1. The van der Waals surface area contributed by atoms with E-state index in [1.165, 1.54) is 12.1 Å². The Balaban J connectivity index is 1.85. The third-order valence-electron chi connectivity index (χ3n) is 3.61. The number of hydrogen-bond acceptors (Lipinski definition) is 6. The lowest BCUT2D eigenvalue weighted by molar-refractivity contribution is -0.137. The number of halogens is 3. The van der Waals surface area contributed by atoms with E-state index in [2.05, 4.69) is 25.6 Å². The van der Waals surface area contributed by atoms with Crippen LogP contribution in [0.25, 0.3) is 0 Å². The maximum Gasteiger partial charge on any atom is 0.416 e. The van der Waals surface area contributed by atoms with Crippen molar-refractivity contribution in [3.05, 3.63) is 41.2 Å². The Morgan fingerprint density at radius 3 is 2.39 bits per heavy atom. The second-order valence-electron chi connectivity index (χ2n) is 6.19. The van der Waals surface area contributed by atoms with Gasteiger partial charge in [-0.15, -0.1) is 0 Å². The van der Waals surface area contributed by atoms with E-state index in [0.717, 1.165) is 12.1 Å². The average molecular weight is 397 g/mol. The Hall–Kier alpha value is -2.75. The average Bonchev–Trinajstić information content (AvgIpc) is 2.60. The largest absolute Gasteiger partial charge is 0.416 e. The number of benzene rings is 1. The quantitative estimate of drug-likeness (QED) is 0.708. The van der Waals surface area contributed by atoms with Gasteiger partial charge in [0.05, 0.1) is 18.8 Å². The van der Waals surface area contributed by atoms with Crippen LogP contribution < -0.4 is 10.6 Å². The minimum absolute atomic E-state index is 0.166. The van der Waals surface area contributed by atoms with E-state index < -0.39 is 11.7 Å². The molecule has 1 amide bonds. The number of alkyl halides is 3. The molecule has 2 aromatic rings. The first-order valence-electron chi connectivity index (χ1n) is 8.70. The highest BCUT2D eigenvalue weighted by Crippen LogP contribution is 2.29. The maximum atomic E-state index is 12.6. The van der Waals surface area contributed by atoms with E-state index in [-0.39, 0.29) is 31.1 Å². The molecule has 0 radical (unpaired) electrons. The van der Waals surface area contributed by atoms with Gasteiger partial charge in [0.1, 0.15) is 5.82 Å². The lowest BCUT2D eigenvalue weighted by Crippen LogP contribution is -2.24. The number of anilines is 2. The molecule has 152 valence electrons. The van der Waals surface area contributed by atoms with Gasteiger partial charge in [0.25, 0.3) is 0 Å². The third kappa shape index (κ3) is 6.76. The van der Waals surface area contributed by atoms with E-state index >= 15 is 0 Å². The van der Waals surface area contributed by atoms with Crippen molar-refractivity contribution in [3.63, 3.8) is 0 Å². The molecule has 1 unspecified atom stereocenters. The summed E-state index contributed by atoms with van der Waals surface area (Å²) in [5.74, 6) is 0.704. The fraction of sp³-hybridized carbons (Fsp3) is 0.444. The van der Waals surface area contributed by atoms with Gasteiger partial charge in [0.15, 0.2) is 0 Å². The van der Waals surface area contributed by atoms with Gasteiger partial charge in [-0.05, 0) is 31.5 Å². The number of rotatable bonds is 8. The number of carbonyl (C=O) groups excluding carboxylic acids is 1. The van der Waals surface area contributed by atoms with Crippen LogP contribution in [-0.4, -0.2) is 33.5 Å². The van der Waals surface area contributed by atoms with E-state index in [1.54, 1.807) is 13.8 Å². The summed E-state index contributed by atoms with van der Waals surface area (Å²) in [5.41, 5.74) is -0.0526. The lowest BCUT2D eigenvalue weighted by atomic mass is 10.1. The molecule has 2 rings (SSSR count). The minimum Gasteiger partial charge on any atom is -0.375 e. The molecule has 2 N–H and O–H groups in total. The highest BCUT2D eigenvalue weighted by Gasteiger charge is 2.29. The number of carbonyl (C=O) groups is 1. The van der Waals surface area contributed by atoms with E-state index in [1.807, 2.05) is 6.92 Å². The molecule has 0 aliphatic carbocycles. The summed E-state index contributed by atoms with van der Waals surface area (Å²) in [7, 11) is 0. The van der Waals surface area contributed by atoms with Gasteiger partial charge in [-0.2, -0.15) is 28.1 Å². The molecule has 0 bridgehead atoms. The monoisotopic (exact) mass is 397 g/mol. The third-order valence-corrected chi connectivity index (χ3v) is 3.61. The van der Waals surface area contributed by atoms with Crippen molar-refractivity contribution in [1.29, 1.82) is 0 Å². The zero-order chi connectivity index (χ0) is 20.7. The van der Waals surface area contributed by atoms with Gasteiger partial charge in [0, 0.05) is 12.5 Å². The van der Waals surface area contributed by atoms with Gasteiger partial charge in [-0.3, -0.25) is 10.1 Å². The first-order chi connectivity index (χ1) is 13.2. The van der Waals surface area contributed by atoms with Crippen LogP contribution in [0.4, 0.5) is 25.1 Å². The summed E-state index contributed by atoms with van der Waals surface area (Å²) in [4.78, 5) is 23.8.